The van der Waals surface area contributed by atoms with Crippen LogP contribution in [-0.4, -0.2) is 199 Å². The molecule has 8 fully saturated rings. The Morgan fingerprint density at radius 3 is 1.98 bits per heavy atom. The fourth-order valence-corrected chi connectivity index (χ4v) is 14.9. The molecule has 28 unspecified atom stereocenters. The van der Waals surface area contributed by atoms with Crippen molar-refractivity contribution >= 4 is 0 Å². The Balaban J connectivity index is 0.982. The number of aliphatic hydroxyl groups excluding tert-OH is 11. The van der Waals surface area contributed by atoms with Crippen LogP contribution in [0.5, 0.6) is 0 Å². The van der Waals surface area contributed by atoms with Gasteiger partial charge in [0.1, 0.15) is 67.1 Å². The van der Waals surface area contributed by atoms with Crippen LogP contribution in [0.25, 0.3) is 0 Å². The lowest BCUT2D eigenvalue weighted by Gasteiger charge is -2.67. The van der Waals surface area contributed by atoms with Crippen molar-refractivity contribution in [1.82, 2.24) is 0 Å². The van der Waals surface area contributed by atoms with E-state index < -0.39 is 129 Å². The van der Waals surface area contributed by atoms with Crippen molar-refractivity contribution in [3.8, 4) is 0 Å². The predicted molar refractivity (Wildman–Crippen MR) is 228 cm³/mol. The van der Waals surface area contributed by atoms with E-state index in [-0.39, 0.29) is 53.1 Å². The van der Waals surface area contributed by atoms with Crippen LogP contribution in [0, 0.1) is 51.8 Å². The molecular weight excluding hydrogens is 868 g/mol. The molecule has 4 heterocycles. The Labute approximate surface area is 387 Å². The van der Waals surface area contributed by atoms with Gasteiger partial charge in [0.05, 0.1) is 44.2 Å². The molecule has 382 valence electrons. The van der Waals surface area contributed by atoms with Crippen LogP contribution < -0.4 is 0 Å². The highest BCUT2D eigenvalue weighted by Crippen LogP contribution is 2.73. The first-order chi connectivity index (χ1) is 31.1. The average Bonchev–Trinajstić information content (AvgIpc) is 3.75. The van der Waals surface area contributed by atoms with Gasteiger partial charge in [-0.1, -0.05) is 34.6 Å². The van der Waals surface area contributed by atoms with E-state index in [4.69, 9.17) is 37.9 Å². The Bertz CT molecular complexity index is 1650. The van der Waals surface area contributed by atoms with Gasteiger partial charge in [-0.05, 0) is 98.7 Å². The summed E-state index contributed by atoms with van der Waals surface area (Å²) in [5.41, 5.74) is -0.947. The molecule has 0 amide bonds. The highest BCUT2D eigenvalue weighted by Gasteiger charge is 2.71. The number of hydrogen-bond donors (Lipinski definition) is 11. The van der Waals surface area contributed by atoms with Crippen molar-refractivity contribution < 1.29 is 94.1 Å². The summed E-state index contributed by atoms with van der Waals surface area (Å²) in [5.74, 6) is 0.0933. The van der Waals surface area contributed by atoms with E-state index in [0.717, 1.165) is 25.7 Å². The Hall–Kier alpha value is -0.760. The van der Waals surface area contributed by atoms with Crippen molar-refractivity contribution in [2.75, 3.05) is 26.9 Å². The van der Waals surface area contributed by atoms with E-state index in [1.807, 2.05) is 6.92 Å². The fourth-order valence-electron chi connectivity index (χ4n) is 14.9. The molecule has 28 atom stereocenters. The van der Waals surface area contributed by atoms with Gasteiger partial charge in [0.2, 0.25) is 0 Å². The van der Waals surface area contributed by atoms with Crippen molar-refractivity contribution in [1.29, 1.82) is 0 Å². The van der Waals surface area contributed by atoms with Crippen LogP contribution in [0.1, 0.15) is 99.3 Å². The quantitative estimate of drug-likeness (QED) is 0.101. The molecule has 4 aliphatic carbocycles. The Morgan fingerprint density at radius 2 is 1.30 bits per heavy atom. The molecule has 19 heteroatoms. The lowest BCUT2D eigenvalue weighted by Crippen LogP contribution is -2.67. The third-order valence-electron chi connectivity index (χ3n) is 19.0. The molecular formula is C47H80O19. The zero-order valence-electron chi connectivity index (χ0n) is 39.5. The molecule has 66 heavy (non-hydrogen) atoms. The summed E-state index contributed by atoms with van der Waals surface area (Å²) in [6, 6.07) is 0. The van der Waals surface area contributed by atoms with E-state index >= 15 is 0 Å². The third kappa shape index (κ3) is 8.45. The number of rotatable bonds is 13. The summed E-state index contributed by atoms with van der Waals surface area (Å²) >= 11 is 0. The zero-order valence-corrected chi connectivity index (χ0v) is 39.5. The summed E-state index contributed by atoms with van der Waals surface area (Å²) in [6.45, 7) is 11.6. The minimum Gasteiger partial charge on any atom is -0.394 e. The molecule has 8 aliphatic rings. The largest absolute Gasteiger partial charge is 0.394 e. The molecule has 4 saturated carbocycles. The normalized spacial score (nSPS) is 56.5. The van der Waals surface area contributed by atoms with Gasteiger partial charge in [0.15, 0.2) is 24.7 Å². The van der Waals surface area contributed by atoms with Crippen LogP contribution in [0.3, 0.4) is 0 Å². The second-order valence-corrected chi connectivity index (χ2v) is 22.4. The SMILES string of the molecule is COC1(CCC(C)COC2OC(CO)C(O)C(O)C2O)OC2CC3C4CC(OC5OC(CO)C(O)C(OC6OC(C)C(O)C(O)C6O)C5O)C5(C)CC(O)CCC5(C)C4CCC3(C)C2C1C. The monoisotopic (exact) mass is 949 g/mol. The maximum atomic E-state index is 11.9. The Morgan fingerprint density at radius 1 is 0.667 bits per heavy atom. The molecule has 4 aliphatic heterocycles. The van der Waals surface area contributed by atoms with Gasteiger partial charge >= 0.3 is 0 Å². The van der Waals surface area contributed by atoms with Crippen molar-refractivity contribution in [3.05, 3.63) is 0 Å². The second kappa shape index (κ2) is 19.3. The number of fused-ring (bicyclic) bond motifs is 7. The number of aliphatic hydroxyl groups is 11. The van der Waals surface area contributed by atoms with Crippen molar-refractivity contribution in [2.24, 2.45) is 51.8 Å². The highest BCUT2D eigenvalue weighted by molar-refractivity contribution is 5.19. The first-order valence-electron chi connectivity index (χ1n) is 24.6. The van der Waals surface area contributed by atoms with Crippen LogP contribution in [0.15, 0.2) is 0 Å². The molecule has 0 bridgehead atoms. The highest BCUT2D eigenvalue weighted by atomic mass is 16.7. The third-order valence-corrected chi connectivity index (χ3v) is 19.0. The minimum atomic E-state index is -1.70. The Kier molecular flexibility index (Phi) is 15.1. The molecule has 19 nitrogen and oxygen atoms in total. The van der Waals surface area contributed by atoms with Crippen molar-refractivity contribution in [3.63, 3.8) is 0 Å². The average molecular weight is 949 g/mol. The molecule has 0 aromatic rings. The standard InChI is InChI=1S/C47H80O19/c1-20(19-60-41-37(56)36(55)33(52)28(17-48)62-41)8-13-47(59-7)21(2)31-27(66-47)15-26-24-14-30(46(6)16-23(50)9-12-45(46,5)25(24)10-11-44(26,31)4)64-43-39(58)40(34(53)29(18-49)63-43)65-42-38(57)35(54)32(51)22(3)61-42/h20-43,48-58H,8-19H2,1-7H3. The summed E-state index contributed by atoms with van der Waals surface area (Å²) in [7, 11) is 1.70. The van der Waals surface area contributed by atoms with Gasteiger partial charge in [0, 0.05) is 24.9 Å². The molecule has 8 rings (SSSR count). The minimum absolute atomic E-state index is 0.0233. The van der Waals surface area contributed by atoms with E-state index in [1.54, 1.807) is 7.11 Å². The number of hydrogen-bond acceptors (Lipinski definition) is 19. The maximum absolute atomic E-state index is 11.9. The smallest absolute Gasteiger partial charge is 0.187 e. The lowest BCUT2D eigenvalue weighted by molar-refractivity contribution is -0.371. The van der Waals surface area contributed by atoms with E-state index in [2.05, 4.69) is 27.7 Å². The number of methoxy groups -OCH3 is 1. The van der Waals surface area contributed by atoms with E-state index in [1.165, 1.54) is 6.92 Å². The van der Waals surface area contributed by atoms with Gasteiger partial charge in [-0.2, -0.15) is 0 Å². The van der Waals surface area contributed by atoms with Crippen LogP contribution in [0.4, 0.5) is 0 Å². The van der Waals surface area contributed by atoms with Crippen molar-refractivity contribution in [2.45, 2.75) is 216 Å². The van der Waals surface area contributed by atoms with Gasteiger partial charge < -0.3 is 94.1 Å². The topological polar surface area (TPSA) is 296 Å². The second-order valence-electron chi connectivity index (χ2n) is 22.4. The van der Waals surface area contributed by atoms with E-state index in [0.29, 0.717) is 38.0 Å². The molecule has 4 saturated heterocycles. The summed E-state index contributed by atoms with van der Waals surface area (Å²) in [5, 5.41) is 117. The predicted octanol–water partition coefficient (Wildman–Crippen LogP) is -0.737. The van der Waals surface area contributed by atoms with Gasteiger partial charge in [-0.3, -0.25) is 0 Å². The fraction of sp³-hybridized carbons (Fsp3) is 1.00. The maximum Gasteiger partial charge on any atom is 0.187 e. The molecule has 0 aromatic heterocycles. The number of ether oxygens (including phenoxy) is 8. The summed E-state index contributed by atoms with van der Waals surface area (Å²) < 4.78 is 49.6. The van der Waals surface area contributed by atoms with Gasteiger partial charge in [0.25, 0.3) is 0 Å². The van der Waals surface area contributed by atoms with E-state index in [9.17, 15) is 56.2 Å². The molecule has 0 radical (unpaired) electrons. The van der Waals surface area contributed by atoms with Crippen LogP contribution >= 0.6 is 0 Å². The summed E-state index contributed by atoms with van der Waals surface area (Å²) in [4.78, 5) is 0. The zero-order chi connectivity index (χ0) is 48.0. The molecule has 0 spiro atoms. The van der Waals surface area contributed by atoms with Crippen LogP contribution in [0.2, 0.25) is 0 Å². The first kappa shape index (κ1) is 51.6. The molecule has 0 aromatic carbocycles. The van der Waals surface area contributed by atoms with Crippen LogP contribution in [-0.2, 0) is 37.9 Å². The molecule has 11 N–H and O–H groups in total. The van der Waals surface area contributed by atoms with Gasteiger partial charge in [-0.15, -0.1) is 0 Å². The lowest BCUT2D eigenvalue weighted by atomic mass is 9.39. The first-order valence-corrected chi connectivity index (χ1v) is 24.6. The van der Waals surface area contributed by atoms with Gasteiger partial charge in [-0.25, -0.2) is 0 Å². The summed E-state index contributed by atoms with van der Waals surface area (Å²) in [6.07, 6.45) is -15.8.